The molecule has 0 fully saturated rings. The molecule has 0 aliphatic rings. The molecule has 4 aromatic carbocycles. The smallest absolute Gasteiger partial charge is 0.340 e. The Morgan fingerprint density at radius 2 is 1.71 bits per heavy atom. The van der Waals surface area contributed by atoms with E-state index in [4.69, 9.17) is 16.0 Å². The van der Waals surface area contributed by atoms with Crippen LogP contribution in [0.4, 0.5) is 5.69 Å². The van der Waals surface area contributed by atoms with Crippen molar-refractivity contribution in [3.63, 3.8) is 0 Å². The first-order chi connectivity index (χ1) is 19.8. The number of carbonyl (C=O) groups excluding carboxylic acids is 2. The number of hydrogen-bond donors (Lipinski definition) is 3. The highest BCUT2D eigenvalue weighted by Crippen LogP contribution is 2.27. The van der Waals surface area contributed by atoms with Gasteiger partial charge < -0.3 is 20.2 Å². The van der Waals surface area contributed by atoms with Crippen molar-refractivity contribution in [3.05, 3.63) is 141 Å². The molecule has 0 atom stereocenters. The number of amides is 2. The van der Waals surface area contributed by atoms with Gasteiger partial charge in [-0.3, -0.25) is 9.59 Å². The van der Waals surface area contributed by atoms with Crippen LogP contribution in [0.25, 0.3) is 17.0 Å². The molecule has 0 bridgehead atoms. The van der Waals surface area contributed by atoms with Crippen molar-refractivity contribution >= 4 is 57.9 Å². The third-order valence-electron chi connectivity index (χ3n) is 5.97. The van der Waals surface area contributed by atoms with E-state index in [0.717, 1.165) is 4.90 Å². The summed E-state index contributed by atoms with van der Waals surface area (Å²) in [6, 6.07) is 29.0. The zero-order valence-electron chi connectivity index (χ0n) is 21.5. The second-order valence-corrected chi connectivity index (χ2v) is 10.5. The maximum atomic E-state index is 13.3. The lowest BCUT2D eigenvalue weighted by Gasteiger charge is -2.12. The molecular formula is C32H23ClN2O5S. The first-order valence-corrected chi connectivity index (χ1v) is 13.8. The first kappa shape index (κ1) is 27.8. The molecule has 9 heteroatoms. The number of anilines is 1. The van der Waals surface area contributed by atoms with Crippen LogP contribution in [0.2, 0.25) is 5.02 Å². The van der Waals surface area contributed by atoms with Gasteiger partial charge in [-0.05, 0) is 72.3 Å². The highest BCUT2D eigenvalue weighted by molar-refractivity contribution is 7.98. The van der Waals surface area contributed by atoms with Crippen LogP contribution in [-0.2, 0) is 10.5 Å². The van der Waals surface area contributed by atoms with Crippen molar-refractivity contribution in [2.45, 2.75) is 10.6 Å². The zero-order chi connectivity index (χ0) is 28.8. The van der Waals surface area contributed by atoms with Crippen molar-refractivity contribution in [2.24, 2.45) is 0 Å². The third-order valence-corrected chi connectivity index (χ3v) is 7.24. The van der Waals surface area contributed by atoms with Crippen molar-refractivity contribution in [3.8, 4) is 5.75 Å². The van der Waals surface area contributed by atoms with Crippen molar-refractivity contribution in [1.29, 1.82) is 0 Å². The molecule has 0 saturated heterocycles. The highest BCUT2D eigenvalue weighted by atomic mass is 35.5. The summed E-state index contributed by atoms with van der Waals surface area (Å²) in [5, 5.41) is 16.4. The standard InChI is InChI=1S/C32H23ClN2O5S/c33-24-9-4-6-20(14-24)15-28(35-30(37)21-7-2-1-3-8-21)31(38)34-25-10-5-11-27(17-25)41-19-23-16-22-12-13-26(36)18-29(22)40-32(23)39/h1-18,36H,19H2,(H,34,38)(H,35,37)/b28-15-. The monoisotopic (exact) mass is 582 g/mol. The number of nitrogens with one attached hydrogen (secondary N) is 2. The molecule has 0 saturated carbocycles. The quantitative estimate of drug-likeness (QED) is 0.105. The number of thioether (sulfide) groups is 1. The second kappa shape index (κ2) is 12.6. The van der Waals surface area contributed by atoms with Gasteiger partial charge in [-0.1, -0.05) is 48.0 Å². The van der Waals surface area contributed by atoms with Gasteiger partial charge in [0, 0.05) is 43.9 Å². The van der Waals surface area contributed by atoms with Gasteiger partial charge in [-0.25, -0.2) is 4.79 Å². The number of halogens is 1. The van der Waals surface area contributed by atoms with Gasteiger partial charge in [0.25, 0.3) is 11.8 Å². The molecule has 0 aliphatic heterocycles. The molecule has 0 unspecified atom stereocenters. The van der Waals surface area contributed by atoms with E-state index in [9.17, 15) is 19.5 Å². The number of phenolic OH excluding ortho intramolecular Hbond substituents is 1. The van der Waals surface area contributed by atoms with Crippen LogP contribution < -0.4 is 16.3 Å². The summed E-state index contributed by atoms with van der Waals surface area (Å²) in [5.41, 5.74) is 1.90. The highest BCUT2D eigenvalue weighted by Gasteiger charge is 2.16. The Balaban J connectivity index is 1.33. The predicted molar refractivity (Wildman–Crippen MR) is 162 cm³/mol. The molecule has 5 aromatic rings. The Bertz CT molecular complexity index is 1840. The van der Waals surface area contributed by atoms with Crippen LogP contribution >= 0.6 is 23.4 Å². The summed E-state index contributed by atoms with van der Waals surface area (Å²) in [6.45, 7) is 0. The summed E-state index contributed by atoms with van der Waals surface area (Å²) >= 11 is 7.52. The molecule has 1 aromatic heterocycles. The summed E-state index contributed by atoms with van der Waals surface area (Å²) < 4.78 is 5.35. The number of aromatic hydroxyl groups is 1. The molecule has 204 valence electrons. The third kappa shape index (κ3) is 7.25. The number of phenols is 1. The fraction of sp³-hybridized carbons (Fsp3) is 0.0312. The van der Waals surface area contributed by atoms with Crippen LogP contribution in [0.3, 0.4) is 0 Å². The van der Waals surface area contributed by atoms with E-state index in [-0.39, 0.29) is 11.4 Å². The molecule has 0 spiro atoms. The van der Waals surface area contributed by atoms with E-state index >= 15 is 0 Å². The molecule has 7 nitrogen and oxygen atoms in total. The van der Waals surface area contributed by atoms with Crippen LogP contribution in [0.15, 0.2) is 123 Å². The SMILES string of the molecule is O=C(Nc1cccc(SCc2cc3ccc(O)cc3oc2=O)c1)/C(=C/c1cccc(Cl)c1)NC(=O)c1ccccc1. The van der Waals surface area contributed by atoms with Crippen molar-refractivity contribution in [2.75, 3.05) is 5.32 Å². The Labute approximate surface area is 244 Å². The molecule has 2 amide bonds. The van der Waals surface area contributed by atoms with E-state index in [1.54, 1.807) is 91.0 Å². The minimum atomic E-state index is -0.519. The fourth-order valence-corrected chi connectivity index (χ4v) is 5.08. The fourth-order valence-electron chi connectivity index (χ4n) is 3.97. The normalized spacial score (nSPS) is 11.3. The average Bonchev–Trinajstić information content (AvgIpc) is 2.96. The van der Waals surface area contributed by atoms with Crippen LogP contribution in [0.1, 0.15) is 21.5 Å². The Kier molecular flexibility index (Phi) is 8.53. The van der Waals surface area contributed by atoms with Crippen molar-refractivity contribution < 1.29 is 19.1 Å². The van der Waals surface area contributed by atoms with Gasteiger partial charge in [0.2, 0.25) is 0 Å². The number of rotatable bonds is 8. The van der Waals surface area contributed by atoms with E-state index in [1.807, 2.05) is 6.07 Å². The Morgan fingerprint density at radius 1 is 0.902 bits per heavy atom. The van der Waals surface area contributed by atoms with Crippen LogP contribution in [0, 0.1) is 0 Å². The Morgan fingerprint density at radius 3 is 2.51 bits per heavy atom. The molecule has 1 heterocycles. The number of fused-ring (bicyclic) bond motifs is 1. The molecule has 3 N–H and O–H groups in total. The van der Waals surface area contributed by atoms with E-state index in [1.165, 1.54) is 23.9 Å². The zero-order valence-corrected chi connectivity index (χ0v) is 23.0. The van der Waals surface area contributed by atoms with Gasteiger partial charge in [-0.15, -0.1) is 11.8 Å². The summed E-state index contributed by atoms with van der Waals surface area (Å²) in [7, 11) is 0. The van der Waals surface area contributed by atoms with Crippen LogP contribution in [-0.4, -0.2) is 16.9 Å². The van der Waals surface area contributed by atoms with Gasteiger partial charge in [0.15, 0.2) is 0 Å². The minimum Gasteiger partial charge on any atom is -0.508 e. The second-order valence-electron chi connectivity index (χ2n) is 8.99. The Hall–Kier alpha value is -4.79. The summed E-state index contributed by atoms with van der Waals surface area (Å²) in [4.78, 5) is 39.5. The molecular weight excluding hydrogens is 560 g/mol. The van der Waals surface area contributed by atoms with Gasteiger partial charge in [-0.2, -0.15) is 0 Å². The largest absolute Gasteiger partial charge is 0.508 e. The maximum absolute atomic E-state index is 13.3. The van der Waals surface area contributed by atoms with E-state index < -0.39 is 17.4 Å². The lowest BCUT2D eigenvalue weighted by atomic mass is 10.1. The molecule has 5 rings (SSSR count). The minimum absolute atomic E-state index is 0.0202. The number of carbonyl (C=O) groups is 2. The number of hydrogen-bond acceptors (Lipinski definition) is 6. The molecule has 41 heavy (non-hydrogen) atoms. The summed E-state index contributed by atoms with van der Waals surface area (Å²) in [6.07, 6.45) is 1.55. The predicted octanol–water partition coefficient (Wildman–Crippen LogP) is 6.85. The van der Waals surface area contributed by atoms with E-state index in [0.29, 0.717) is 44.1 Å². The lowest BCUT2D eigenvalue weighted by Crippen LogP contribution is -2.30. The lowest BCUT2D eigenvalue weighted by molar-refractivity contribution is -0.113. The average molecular weight is 583 g/mol. The number of benzene rings is 4. The topological polar surface area (TPSA) is 109 Å². The van der Waals surface area contributed by atoms with E-state index in [2.05, 4.69) is 10.6 Å². The maximum Gasteiger partial charge on any atom is 0.340 e. The van der Waals surface area contributed by atoms with Gasteiger partial charge in [0.05, 0.1) is 0 Å². The van der Waals surface area contributed by atoms with Gasteiger partial charge in [0.1, 0.15) is 17.0 Å². The summed E-state index contributed by atoms with van der Waals surface area (Å²) in [5.74, 6) is -0.590. The molecule has 0 aliphatic carbocycles. The van der Waals surface area contributed by atoms with Crippen LogP contribution in [0.5, 0.6) is 5.75 Å². The van der Waals surface area contributed by atoms with Crippen molar-refractivity contribution in [1.82, 2.24) is 5.32 Å². The molecule has 0 radical (unpaired) electrons. The first-order valence-electron chi connectivity index (χ1n) is 12.5. The van der Waals surface area contributed by atoms with Gasteiger partial charge >= 0.3 is 5.63 Å².